The number of nitrogens with zero attached hydrogens (tertiary/aromatic N) is 1. The zero-order valence-electron chi connectivity index (χ0n) is 13.9. The molecule has 3 nitrogen and oxygen atoms in total. The minimum absolute atomic E-state index is 0.0397. The van der Waals surface area contributed by atoms with E-state index in [2.05, 4.69) is 55.3 Å². The van der Waals surface area contributed by atoms with Crippen molar-refractivity contribution in [2.75, 3.05) is 6.54 Å². The highest BCUT2D eigenvalue weighted by Gasteiger charge is 2.37. The molecule has 1 aromatic carbocycles. The summed E-state index contributed by atoms with van der Waals surface area (Å²) in [4.78, 5) is 15.1. The highest BCUT2D eigenvalue weighted by atomic mass is 32.1. The van der Waals surface area contributed by atoms with Crippen LogP contribution in [0.4, 0.5) is 0 Å². The third kappa shape index (κ3) is 3.19. The lowest BCUT2D eigenvalue weighted by atomic mass is 9.96. The number of hydrogen-bond acceptors (Lipinski definition) is 3. The SMILES string of the molecule is Cc1csc(C(c2ccc(C)cc2C)N2CCCC2C(=O)O)c1. The van der Waals surface area contributed by atoms with Crippen molar-refractivity contribution in [1.29, 1.82) is 0 Å². The molecule has 3 rings (SSSR count). The first-order valence-electron chi connectivity index (χ1n) is 8.08. The summed E-state index contributed by atoms with van der Waals surface area (Å²) in [5.41, 5.74) is 4.94. The Balaban J connectivity index is 2.09. The Hall–Kier alpha value is -1.65. The number of carboxylic acids is 1. The van der Waals surface area contributed by atoms with E-state index < -0.39 is 5.97 Å². The van der Waals surface area contributed by atoms with Crippen LogP contribution in [0.2, 0.25) is 0 Å². The molecule has 2 atom stereocenters. The number of carbonyl (C=O) groups is 1. The second-order valence-corrected chi connectivity index (χ2v) is 7.47. The molecule has 2 heterocycles. The normalized spacial score (nSPS) is 19.9. The molecule has 0 saturated carbocycles. The highest BCUT2D eigenvalue weighted by molar-refractivity contribution is 7.10. The largest absolute Gasteiger partial charge is 0.480 e. The minimum atomic E-state index is -0.703. The van der Waals surface area contributed by atoms with Crippen LogP contribution < -0.4 is 0 Å². The van der Waals surface area contributed by atoms with Gasteiger partial charge >= 0.3 is 5.97 Å². The fraction of sp³-hybridized carbons (Fsp3) is 0.421. The van der Waals surface area contributed by atoms with Crippen molar-refractivity contribution in [3.05, 3.63) is 56.8 Å². The summed E-state index contributed by atoms with van der Waals surface area (Å²) in [6.07, 6.45) is 1.68. The molecular formula is C19H23NO2S. The maximum absolute atomic E-state index is 11.7. The van der Waals surface area contributed by atoms with E-state index in [0.29, 0.717) is 0 Å². The smallest absolute Gasteiger partial charge is 0.320 e. The number of aryl methyl sites for hydroxylation is 3. The number of carboxylic acid groups (broad SMARTS) is 1. The molecule has 1 aliphatic heterocycles. The molecule has 1 saturated heterocycles. The van der Waals surface area contributed by atoms with Crippen LogP contribution in [-0.4, -0.2) is 28.6 Å². The quantitative estimate of drug-likeness (QED) is 0.908. The highest BCUT2D eigenvalue weighted by Crippen LogP contribution is 2.39. The number of benzene rings is 1. The van der Waals surface area contributed by atoms with Gasteiger partial charge in [0, 0.05) is 11.4 Å². The van der Waals surface area contributed by atoms with Crippen LogP contribution in [0.1, 0.15) is 46.0 Å². The molecule has 4 heteroatoms. The van der Waals surface area contributed by atoms with Gasteiger partial charge in [-0.1, -0.05) is 23.8 Å². The Morgan fingerprint density at radius 3 is 2.65 bits per heavy atom. The van der Waals surface area contributed by atoms with Crippen LogP contribution in [0, 0.1) is 20.8 Å². The van der Waals surface area contributed by atoms with E-state index in [-0.39, 0.29) is 12.1 Å². The average molecular weight is 329 g/mol. The second-order valence-electron chi connectivity index (χ2n) is 6.52. The topological polar surface area (TPSA) is 40.5 Å². The first-order valence-corrected chi connectivity index (χ1v) is 8.96. The van der Waals surface area contributed by atoms with E-state index in [9.17, 15) is 9.90 Å². The summed E-state index contributed by atoms with van der Waals surface area (Å²) < 4.78 is 0. The molecule has 1 fully saturated rings. The van der Waals surface area contributed by atoms with Gasteiger partial charge in [0.1, 0.15) is 6.04 Å². The molecule has 1 N–H and O–H groups in total. The fourth-order valence-corrected chi connectivity index (χ4v) is 4.62. The molecule has 2 unspecified atom stereocenters. The summed E-state index contributed by atoms with van der Waals surface area (Å²) >= 11 is 1.73. The maximum atomic E-state index is 11.7. The van der Waals surface area contributed by atoms with E-state index >= 15 is 0 Å². The first kappa shape index (κ1) is 16.2. The second kappa shape index (κ2) is 6.46. The van der Waals surface area contributed by atoms with Gasteiger partial charge in [-0.2, -0.15) is 0 Å². The fourth-order valence-electron chi connectivity index (χ4n) is 3.59. The van der Waals surface area contributed by atoms with E-state index in [0.717, 1.165) is 19.4 Å². The summed E-state index contributed by atoms with van der Waals surface area (Å²) in [5.74, 6) is -0.703. The van der Waals surface area contributed by atoms with Crippen molar-refractivity contribution in [2.45, 2.75) is 45.7 Å². The first-order chi connectivity index (χ1) is 11.0. The van der Waals surface area contributed by atoms with Gasteiger partial charge in [-0.25, -0.2) is 0 Å². The Bertz CT molecular complexity index is 722. The average Bonchev–Trinajstić information content (AvgIpc) is 3.11. The number of hydrogen-bond donors (Lipinski definition) is 1. The maximum Gasteiger partial charge on any atom is 0.320 e. The molecular weight excluding hydrogens is 306 g/mol. The van der Waals surface area contributed by atoms with Crippen molar-refractivity contribution >= 4 is 17.3 Å². The van der Waals surface area contributed by atoms with Gasteiger partial charge in [-0.3, -0.25) is 9.69 Å². The van der Waals surface area contributed by atoms with Gasteiger partial charge in [0.15, 0.2) is 0 Å². The zero-order chi connectivity index (χ0) is 16.6. The van der Waals surface area contributed by atoms with Crippen molar-refractivity contribution in [1.82, 2.24) is 4.90 Å². The van der Waals surface area contributed by atoms with Crippen LogP contribution in [0.15, 0.2) is 29.6 Å². The van der Waals surface area contributed by atoms with Crippen LogP contribution in [0.3, 0.4) is 0 Å². The summed E-state index contributed by atoms with van der Waals surface area (Å²) in [6, 6.07) is 8.34. The lowest BCUT2D eigenvalue weighted by Gasteiger charge is -2.32. The lowest BCUT2D eigenvalue weighted by Crippen LogP contribution is -2.39. The third-order valence-corrected chi connectivity index (χ3v) is 5.75. The Labute approximate surface area is 141 Å². The molecule has 0 bridgehead atoms. The predicted molar refractivity (Wildman–Crippen MR) is 94.2 cm³/mol. The van der Waals surface area contributed by atoms with Crippen molar-refractivity contribution in [3.63, 3.8) is 0 Å². The molecule has 0 spiro atoms. The summed E-state index contributed by atoms with van der Waals surface area (Å²) in [6.45, 7) is 7.16. The number of likely N-dealkylation sites (tertiary alicyclic amines) is 1. The number of rotatable bonds is 4. The van der Waals surface area contributed by atoms with E-state index in [4.69, 9.17) is 0 Å². The van der Waals surface area contributed by atoms with Gasteiger partial charge in [-0.05, 0) is 61.7 Å². The molecule has 0 aliphatic carbocycles. The Morgan fingerprint density at radius 1 is 1.26 bits per heavy atom. The van der Waals surface area contributed by atoms with Gasteiger partial charge in [-0.15, -0.1) is 11.3 Å². The van der Waals surface area contributed by atoms with Gasteiger partial charge in [0.05, 0.1) is 6.04 Å². The predicted octanol–water partition coefficient (Wildman–Crippen LogP) is 4.31. The molecule has 2 aromatic rings. The molecule has 122 valence electrons. The monoisotopic (exact) mass is 329 g/mol. The molecule has 1 aliphatic rings. The minimum Gasteiger partial charge on any atom is -0.480 e. The summed E-state index contributed by atoms with van der Waals surface area (Å²) in [5, 5.41) is 11.8. The van der Waals surface area contributed by atoms with E-state index in [1.165, 1.54) is 27.1 Å². The van der Waals surface area contributed by atoms with E-state index in [1.54, 1.807) is 11.3 Å². The number of aliphatic carboxylic acids is 1. The Kier molecular flexibility index (Phi) is 4.55. The molecule has 0 amide bonds. The van der Waals surface area contributed by atoms with E-state index in [1.807, 2.05) is 0 Å². The lowest BCUT2D eigenvalue weighted by molar-refractivity contribution is -0.142. The van der Waals surface area contributed by atoms with Gasteiger partial charge in [0.2, 0.25) is 0 Å². The molecule has 23 heavy (non-hydrogen) atoms. The summed E-state index contributed by atoms with van der Waals surface area (Å²) in [7, 11) is 0. The molecule has 1 aromatic heterocycles. The van der Waals surface area contributed by atoms with Crippen LogP contribution in [0.25, 0.3) is 0 Å². The third-order valence-electron chi connectivity index (χ3n) is 4.65. The van der Waals surface area contributed by atoms with Crippen molar-refractivity contribution < 1.29 is 9.90 Å². The van der Waals surface area contributed by atoms with Crippen LogP contribution in [-0.2, 0) is 4.79 Å². The Morgan fingerprint density at radius 2 is 2.04 bits per heavy atom. The molecule has 0 radical (unpaired) electrons. The van der Waals surface area contributed by atoms with Gasteiger partial charge in [0.25, 0.3) is 0 Å². The zero-order valence-corrected chi connectivity index (χ0v) is 14.7. The van der Waals surface area contributed by atoms with Crippen molar-refractivity contribution in [3.8, 4) is 0 Å². The number of thiophene rings is 1. The van der Waals surface area contributed by atoms with Crippen molar-refractivity contribution in [2.24, 2.45) is 0 Å². The van der Waals surface area contributed by atoms with Crippen LogP contribution >= 0.6 is 11.3 Å². The van der Waals surface area contributed by atoms with Gasteiger partial charge < -0.3 is 5.11 Å². The van der Waals surface area contributed by atoms with Crippen LogP contribution in [0.5, 0.6) is 0 Å². The standard InChI is InChI=1S/C19H23NO2S/c1-12-6-7-15(14(3)9-12)18(17-10-13(2)11-23-17)20-8-4-5-16(20)19(21)22/h6-7,9-11,16,18H,4-5,8H2,1-3H3,(H,21,22).